The molecule has 19 heavy (non-hydrogen) atoms. The maximum Gasteiger partial charge on any atom is 0.243 e. The van der Waals surface area contributed by atoms with Gasteiger partial charge in [-0.2, -0.15) is 4.31 Å². The molecule has 0 aromatic heterocycles. The van der Waals surface area contributed by atoms with Crippen molar-refractivity contribution in [3.8, 4) is 0 Å². The Labute approximate surface area is 115 Å². The van der Waals surface area contributed by atoms with Crippen molar-refractivity contribution in [1.82, 2.24) is 4.31 Å². The van der Waals surface area contributed by atoms with Crippen molar-refractivity contribution in [1.29, 1.82) is 0 Å². The van der Waals surface area contributed by atoms with E-state index in [1.807, 2.05) is 6.07 Å². The molecule has 1 heterocycles. The molecule has 102 valence electrons. The standard InChI is InChI=1S/C15H19NO2S/c1-3-4-8-14-12-16(11-13(14)2)19(17,18)15-9-6-5-7-10-15/h4-10,14H,2-3,11-12H2,1H3/b8-4+/t14-/m0/s1. The van der Waals surface area contributed by atoms with Gasteiger partial charge in [0.1, 0.15) is 0 Å². The average molecular weight is 277 g/mol. The summed E-state index contributed by atoms with van der Waals surface area (Å²) >= 11 is 0. The van der Waals surface area contributed by atoms with Crippen molar-refractivity contribution in [2.45, 2.75) is 18.2 Å². The van der Waals surface area contributed by atoms with Gasteiger partial charge in [-0.3, -0.25) is 0 Å². The van der Waals surface area contributed by atoms with Crippen LogP contribution in [-0.4, -0.2) is 25.8 Å². The minimum Gasteiger partial charge on any atom is -0.207 e. The second-order valence-electron chi connectivity index (χ2n) is 4.71. The molecule has 1 saturated heterocycles. The summed E-state index contributed by atoms with van der Waals surface area (Å²) in [6.07, 6.45) is 5.08. The van der Waals surface area contributed by atoms with E-state index >= 15 is 0 Å². The molecular weight excluding hydrogens is 258 g/mol. The molecule has 0 unspecified atom stereocenters. The molecule has 1 fully saturated rings. The Hall–Kier alpha value is -1.39. The summed E-state index contributed by atoms with van der Waals surface area (Å²) in [5.41, 5.74) is 0.962. The zero-order chi connectivity index (χ0) is 13.9. The van der Waals surface area contributed by atoms with Crippen LogP contribution in [0.3, 0.4) is 0 Å². The van der Waals surface area contributed by atoms with E-state index in [9.17, 15) is 8.42 Å². The van der Waals surface area contributed by atoms with Crippen LogP contribution in [0.5, 0.6) is 0 Å². The first kappa shape index (κ1) is 14.0. The Morgan fingerprint density at radius 1 is 1.37 bits per heavy atom. The Bertz CT molecular complexity index is 575. The fraction of sp³-hybridized carbons (Fsp3) is 0.333. The van der Waals surface area contributed by atoms with Crippen molar-refractivity contribution < 1.29 is 8.42 Å². The SMILES string of the molecule is C=C1CN(S(=O)(=O)c2ccccc2)C[C@@H]1/C=C/CC. The quantitative estimate of drug-likeness (QED) is 0.794. The lowest BCUT2D eigenvalue weighted by Gasteiger charge is -2.15. The monoisotopic (exact) mass is 277 g/mol. The lowest BCUT2D eigenvalue weighted by molar-refractivity contribution is 0.471. The molecule has 1 aromatic carbocycles. The van der Waals surface area contributed by atoms with Gasteiger partial charge >= 0.3 is 0 Å². The van der Waals surface area contributed by atoms with Gasteiger partial charge in [0, 0.05) is 19.0 Å². The van der Waals surface area contributed by atoms with E-state index in [1.165, 1.54) is 4.31 Å². The predicted molar refractivity (Wildman–Crippen MR) is 77.3 cm³/mol. The lowest BCUT2D eigenvalue weighted by Crippen LogP contribution is -2.28. The molecule has 0 N–H and O–H groups in total. The summed E-state index contributed by atoms with van der Waals surface area (Å²) in [5, 5.41) is 0. The van der Waals surface area contributed by atoms with Gasteiger partial charge < -0.3 is 0 Å². The highest BCUT2D eigenvalue weighted by molar-refractivity contribution is 7.89. The van der Waals surface area contributed by atoms with Crippen LogP contribution >= 0.6 is 0 Å². The van der Waals surface area contributed by atoms with Gasteiger partial charge in [0.05, 0.1) is 4.90 Å². The van der Waals surface area contributed by atoms with Gasteiger partial charge in [-0.15, -0.1) is 0 Å². The van der Waals surface area contributed by atoms with Crippen LogP contribution in [0.2, 0.25) is 0 Å². The molecule has 0 bridgehead atoms. The molecule has 3 nitrogen and oxygen atoms in total. The van der Waals surface area contributed by atoms with Crippen molar-refractivity contribution in [2.75, 3.05) is 13.1 Å². The van der Waals surface area contributed by atoms with Crippen molar-refractivity contribution >= 4 is 10.0 Å². The summed E-state index contributed by atoms with van der Waals surface area (Å²) in [4.78, 5) is 0.350. The normalized spacial score (nSPS) is 21.3. The first-order valence-corrected chi connectivity index (χ1v) is 7.89. The molecule has 1 aliphatic heterocycles. The van der Waals surface area contributed by atoms with Crippen LogP contribution < -0.4 is 0 Å². The number of benzene rings is 1. The predicted octanol–water partition coefficient (Wildman–Crippen LogP) is 2.83. The second-order valence-corrected chi connectivity index (χ2v) is 6.65. The topological polar surface area (TPSA) is 37.4 Å². The Morgan fingerprint density at radius 3 is 2.68 bits per heavy atom. The first-order chi connectivity index (χ1) is 9.05. The van der Waals surface area contributed by atoms with E-state index < -0.39 is 10.0 Å². The third kappa shape index (κ3) is 2.96. The third-order valence-corrected chi connectivity index (χ3v) is 5.12. The summed E-state index contributed by atoms with van der Waals surface area (Å²) in [5.74, 6) is 0.137. The summed E-state index contributed by atoms with van der Waals surface area (Å²) < 4.78 is 26.4. The number of sulfonamides is 1. The minimum atomic E-state index is -3.39. The number of nitrogens with zero attached hydrogens (tertiary/aromatic N) is 1. The van der Waals surface area contributed by atoms with E-state index in [2.05, 4.69) is 25.7 Å². The van der Waals surface area contributed by atoms with Gasteiger partial charge in [0.25, 0.3) is 0 Å². The second kappa shape index (κ2) is 5.72. The Morgan fingerprint density at radius 2 is 2.05 bits per heavy atom. The largest absolute Gasteiger partial charge is 0.243 e. The Balaban J connectivity index is 2.21. The summed E-state index contributed by atoms with van der Waals surface area (Å²) in [6, 6.07) is 8.56. The summed E-state index contributed by atoms with van der Waals surface area (Å²) in [7, 11) is -3.39. The van der Waals surface area contributed by atoms with Crippen LogP contribution in [0.25, 0.3) is 0 Å². The number of hydrogen-bond acceptors (Lipinski definition) is 2. The van der Waals surface area contributed by atoms with Gasteiger partial charge in [-0.05, 0) is 18.6 Å². The molecule has 1 aliphatic rings. The molecule has 0 amide bonds. The molecule has 0 saturated carbocycles. The zero-order valence-electron chi connectivity index (χ0n) is 11.1. The van der Waals surface area contributed by atoms with Gasteiger partial charge in [-0.25, -0.2) is 8.42 Å². The van der Waals surface area contributed by atoms with Crippen LogP contribution in [0.4, 0.5) is 0 Å². The van der Waals surface area contributed by atoms with Gasteiger partial charge in [0.15, 0.2) is 0 Å². The molecule has 2 rings (SSSR count). The Kier molecular flexibility index (Phi) is 4.22. The van der Waals surface area contributed by atoms with Crippen LogP contribution in [0.15, 0.2) is 59.5 Å². The minimum absolute atomic E-state index is 0.137. The van der Waals surface area contributed by atoms with Crippen LogP contribution in [0.1, 0.15) is 13.3 Å². The molecule has 1 atom stereocenters. The van der Waals surface area contributed by atoms with Gasteiger partial charge in [0.2, 0.25) is 10.0 Å². The maximum atomic E-state index is 12.5. The maximum absolute atomic E-state index is 12.5. The van der Waals surface area contributed by atoms with E-state index in [4.69, 9.17) is 0 Å². The highest BCUT2D eigenvalue weighted by atomic mass is 32.2. The van der Waals surface area contributed by atoms with Crippen LogP contribution in [-0.2, 0) is 10.0 Å². The van der Waals surface area contributed by atoms with E-state index in [0.29, 0.717) is 18.0 Å². The van der Waals surface area contributed by atoms with E-state index in [0.717, 1.165) is 12.0 Å². The van der Waals surface area contributed by atoms with E-state index in [-0.39, 0.29) is 5.92 Å². The number of hydrogen-bond donors (Lipinski definition) is 0. The number of allylic oxidation sites excluding steroid dienone is 1. The van der Waals surface area contributed by atoms with Gasteiger partial charge in [-0.1, -0.05) is 49.4 Å². The molecule has 0 radical (unpaired) electrons. The average Bonchev–Trinajstić information content (AvgIpc) is 2.79. The number of rotatable bonds is 4. The highest BCUT2D eigenvalue weighted by Crippen LogP contribution is 2.28. The molecule has 4 heteroatoms. The molecular formula is C15H19NO2S. The van der Waals surface area contributed by atoms with Crippen molar-refractivity contribution in [3.05, 3.63) is 54.6 Å². The van der Waals surface area contributed by atoms with Crippen molar-refractivity contribution in [3.63, 3.8) is 0 Å². The fourth-order valence-corrected chi connectivity index (χ4v) is 3.67. The van der Waals surface area contributed by atoms with Crippen molar-refractivity contribution in [2.24, 2.45) is 5.92 Å². The third-order valence-electron chi connectivity index (χ3n) is 3.29. The fourth-order valence-electron chi connectivity index (χ4n) is 2.18. The lowest BCUT2D eigenvalue weighted by atomic mass is 10.0. The smallest absolute Gasteiger partial charge is 0.207 e. The van der Waals surface area contributed by atoms with Crippen LogP contribution in [0, 0.1) is 5.92 Å². The summed E-state index contributed by atoms with van der Waals surface area (Å²) in [6.45, 7) is 6.96. The first-order valence-electron chi connectivity index (χ1n) is 6.45. The highest BCUT2D eigenvalue weighted by Gasteiger charge is 2.33. The molecule has 0 spiro atoms. The molecule has 1 aromatic rings. The zero-order valence-corrected chi connectivity index (χ0v) is 11.9. The van der Waals surface area contributed by atoms with E-state index in [1.54, 1.807) is 24.3 Å². The molecule has 0 aliphatic carbocycles.